The number of ketones is 1. The summed E-state index contributed by atoms with van der Waals surface area (Å²) in [4.78, 5) is 26.6. The van der Waals surface area contributed by atoms with Crippen LogP contribution in [0.1, 0.15) is 56.6 Å². The van der Waals surface area contributed by atoms with Gasteiger partial charge in [0.1, 0.15) is 5.75 Å². The van der Waals surface area contributed by atoms with Crippen LogP contribution in [-0.2, 0) is 14.3 Å². The Morgan fingerprint density at radius 1 is 1.09 bits per heavy atom. The molecule has 2 aliphatic rings. The molecule has 1 aliphatic carbocycles. The summed E-state index contributed by atoms with van der Waals surface area (Å²) in [6.07, 6.45) is 1.07. The van der Waals surface area contributed by atoms with Gasteiger partial charge in [0.15, 0.2) is 5.78 Å². The van der Waals surface area contributed by atoms with Crippen molar-refractivity contribution in [1.82, 2.24) is 5.32 Å². The lowest BCUT2D eigenvalue weighted by Gasteiger charge is -2.36. The number of allylic oxidation sites excluding steroid dienone is 3. The van der Waals surface area contributed by atoms with Gasteiger partial charge in [0.2, 0.25) is 0 Å². The van der Waals surface area contributed by atoms with Gasteiger partial charge in [0.05, 0.1) is 12.2 Å². The van der Waals surface area contributed by atoms with Crippen LogP contribution in [0.25, 0.3) is 0 Å². The molecule has 2 atom stereocenters. The minimum Gasteiger partial charge on any atom is -0.508 e. The monoisotopic (exact) mass is 431 g/mol. The lowest BCUT2D eigenvalue weighted by Crippen LogP contribution is -2.36. The average Bonchev–Trinajstić information content (AvgIpc) is 2.77. The van der Waals surface area contributed by atoms with E-state index in [9.17, 15) is 14.7 Å². The van der Waals surface area contributed by atoms with Gasteiger partial charge in [0, 0.05) is 29.3 Å². The van der Waals surface area contributed by atoms with Crippen molar-refractivity contribution < 1.29 is 19.4 Å². The Labute approximate surface area is 188 Å². The largest absolute Gasteiger partial charge is 0.508 e. The molecule has 0 fully saturated rings. The molecule has 0 saturated carbocycles. The molecule has 4 rings (SSSR count). The minimum absolute atomic E-state index is 0.0163. The van der Waals surface area contributed by atoms with Crippen LogP contribution in [0.3, 0.4) is 0 Å². The fraction of sp³-hybridized carbons (Fsp3) is 0.333. The molecule has 1 heterocycles. The lowest BCUT2D eigenvalue weighted by atomic mass is 9.71. The summed E-state index contributed by atoms with van der Waals surface area (Å²) in [5, 5.41) is 13.5. The first-order valence-electron chi connectivity index (χ1n) is 11.1. The number of phenolic OH excluding ortho intramolecular Hbond substituents is 1. The van der Waals surface area contributed by atoms with Crippen LogP contribution in [0.2, 0.25) is 0 Å². The topological polar surface area (TPSA) is 75.6 Å². The van der Waals surface area contributed by atoms with E-state index >= 15 is 0 Å². The number of phenols is 1. The third-order valence-electron chi connectivity index (χ3n) is 6.07. The maximum Gasteiger partial charge on any atom is 0.336 e. The zero-order valence-electron chi connectivity index (χ0n) is 18.7. The van der Waals surface area contributed by atoms with Crippen molar-refractivity contribution in [3.8, 4) is 5.75 Å². The summed E-state index contributed by atoms with van der Waals surface area (Å²) in [6.45, 7) is 6.12. The number of rotatable bonds is 5. The highest BCUT2D eigenvalue weighted by atomic mass is 16.5. The molecule has 2 aromatic carbocycles. The second-order valence-corrected chi connectivity index (χ2v) is 9.02. The van der Waals surface area contributed by atoms with Crippen LogP contribution in [-0.4, -0.2) is 23.5 Å². The van der Waals surface area contributed by atoms with E-state index in [0.29, 0.717) is 41.9 Å². The van der Waals surface area contributed by atoms with E-state index in [-0.39, 0.29) is 23.4 Å². The van der Waals surface area contributed by atoms with Gasteiger partial charge in [-0.25, -0.2) is 4.79 Å². The van der Waals surface area contributed by atoms with Crippen molar-refractivity contribution >= 4 is 11.8 Å². The molecule has 1 aliphatic heterocycles. The number of carbonyl (C=O) groups excluding carboxylic acids is 2. The Balaban J connectivity index is 1.77. The second-order valence-electron chi connectivity index (χ2n) is 9.02. The number of hydrogen-bond donors (Lipinski definition) is 2. The summed E-state index contributed by atoms with van der Waals surface area (Å²) >= 11 is 0. The van der Waals surface area contributed by atoms with Crippen LogP contribution in [0.15, 0.2) is 77.1 Å². The fourth-order valence-electron chi connectivity index (χ4n) is 4.63. The minimum atomic E-state index is -0.567. The van der Waals surface area contributed by atoms with Crippen molar-refractivity contribution in [2.24, 2.45) is 5.92 Å². The summed E-state index contributed by atoms with van der Waals surface area (Å²) in [5.74, 6) is -0.595. The SMILES string of the molecule is CC1=C(C(=O)OCC(C)C)[C@@H](c2cccc(O)c2)C2=C(C[C@@H](c3ccccc3)CC2=O)N1. The molecule has 166 valence electrons. The Hall–Kier alpha value is -3.34. The third kappa shape index (κ3) is 4.33. The number of aromatic hydroxyl groups is 1. The number of hydrogen-bond acceptors (Lipinski definition) is 5. The Morgan fingerprint density at radius 2 is 1.81 bits per heavy atom. The Bertz CT molecular complexity index is 1100. The molecular weight excluding hydrogens is 402 g/mol. The van der Waals surface area contributed by atoms with E-state index in [2.05, 4.69) is 17.4 Å². The lowest BCUT2D eigenvalue weighted by molar-refractivity contribution is -0.140. The number of esters is 1. The van der Waals surface area contributed by atoms with Crippen molar-refractivity contribution in [2.45, 2.75) is 45.4 Å². The van der Waals surface area contributed by atoms with Crippen molar-refractivity contribution in [2.75, 3.05) is 6.61 Å². The maximum absolute atomic E-state index is 13.5. The predicted octanol–water partition coefficient (Wildman–Crippen LogP) is 4.95. The van der Waals surface area contributed by atoms with E-state index in [4.69, 9.17) is 4.74 Å². The van der Waals surface area contributed by atoms with E-state index in [1.807, 2.05) is 45.0 Å². The van der Waals surface area contributed by atoms with E-state index in [1.165, 1.54) is 0 Å². The Kier molecular flexibility index (Phi) is 6.17. The van der Waals surface area contributed by atoms with Crippen LogP contribution in [0.4, 0.5) is 0 Å². The average molecular weight is 432 g/mol. The van der Waals surface area contributed by atoms with Crippen molar-refractivity contribution in [3.05, 3.63) is 88.3 Å². The molecule has 0 unspecified atom stereocenters. The molecule has 0 bridgehead atoms. The van der Waals surface area contributed by atoms with E-state index < -0.39 is 11.9 Å². The summed E-state index contributed by atoms with van der Waals surface area (Å²) in [5.41, 5.74) is 4.41. The van der Waals surface area contributed by atoms with Gasteiger partial charge >= 0.3 is 5.97 Å². The van der Waals surface area contributed by atoms with Gasteiger partial charge in [-0.1, -0.05) is 56.3 Å². The highest BCUT2D eigenvalue weighted by molar-refractivity contribution is 6.04. The normalized spacial score (nSPS) is 20.8. The first-order valence-corrected chi connectivity index (χ1v) is 11.1. The van der Waals surface area contributed by atoms with Crippen LogP contribution in [0.5, 0.6) is 5.75 Å². The molecule has 0 saturated heterocycles. The summed E-state index contributed by atoms with van der Waals surface area (Å²) in [6, 6.07) is 16.8. The number of ether oxygens (including phenoxy) is 1. The smallest absolute Gasteiger partial charge is 0.336 e. The van der Waals surface area contributed by atoms with Crippen LogP contribution >= 0.6 is 0 Å². The van der Waals surface area contributed by atoms with E-state index in [1.54, 1.807) is 18.2 Å². The van der Waals surface area contributed by atoms with Crippen molar-refractivity contribution in [1.29, 1.82) is 0 Å². The molecule has 0 aromatic heterocycles. The number of carbonyl (C=O) groups is 2. The number of benzene rings is 2. The molecule has 2 N–H and O–H groups in total. The van der Waals surface area contributed by atoms with Gasteiger partial charge in [-0.05, 0) is 48.4 Å². The molecule has 32 heavy (non-hydrogen) atoms. The fourth-order valence-corrected chi connectivity index (χ4v) is 4.63. The van der Waals surface area contributed by atoms with Gasteiger partial charge in [0.25, 0.3) is 0 Å². The molecule has 5 nitrogen and oxygen atoms in total. The Morgan fingerprint density at radius 3 is 2.50 bits per heavy atom. The molecule has 0 radical (unpaired) electrons. The van der Waals surface area contributed by atoms with E-state index in [0.717, 1.165) is 11.3 Å². The number of dihydropyridines is 1. The zero-order chi connectivity index (χ0) is 22.8. The molecular formula is C27H29NO4. The van der Waals surface area contributed by atoms with Gasteiger partial charge in [-0.15, -0.1) is 0 Å². The first-order chi connectivity index (χ1) is 15.3. The second kappa shape index (κ2) is 9.03. The zero-order valence-corrected chi connectivity index (χ0v) is 18.7. The molecule has 0 amide bonds. The van der Waals surface area contributed by atoms with Gasteiger partial charge in [-0.3, -0.25) is 4.79 Å². The standard InChI is InChI=1S/C27H29NO4/c1-16(2)15-32-27(31)24-17(3)28-22-13-20(18-8-5-4-6-9-18)14-23(30)26(22)25(24)19-10-7-11-21(29)12-19/h4-12,16,20,25,28-29H,13-15H2,1-3H3/t20-,25-/m1/s1. The molecule has 0 spiro atoms. The van der Waals surface area contributed by atoms with Crippen molar-refractivity contribution in [3.63, 3.8) is 0 Å². The highest BCUT2D eigenvalue weighted by Gasteiger charge is 2.41. The summed E-state index contributed by atoms with van der Waals surface area (Å²) in [7, 11) is 0. The first kappa shape index (κ1) is 21.9. The molecule has 2 aromatic rings. The number of nitrogens with one attached hydrogen (secondary N) is 1. The predicted molar refractivity (Wildman–Crippen MR) is 123 cm³/mol. The third-order valence-corrected chi connectivity index (χ3v) is 6.07. The summed E-state index contributed by atoms with van der Waals surface area (Å²) < 4.78 is 5.57. The van der Waals surface area contributed by atoms with Crippen LogP contribution in [0, 0.1) is 5.92 Å². The highest BCUT2D eigenvalue weighted by Crippen LogP contribution is 2.46. The van der Waals surface area contributed by atoms with Gasteiger partial charge in [-0.2, -0.15) is 0 Å². The number of Topliss-reactive ketones (excluding diaryl/α,β-unsaturated/α-hetero) is 1. The molecule has 5 heteroatoms. The quantitative estimate of drug-likeness (QED) is 0.655. The van der Waals surface area contributed by atoms with Gasteiger partial charge < -0.3 is 15.2 Å². The van der Waals surface area contributed by atoms with Crippen LogP contribution < -0.4 is 5.32 Å². The maximum atomic E-state index is 13.5.